The largest absolute Gasteiger partial charge is 0.398 e. The van der Waals surface area contributed by atoms with Crippen LogP contribution in [0, 0.1) is 11.3 Å². The average Bonchev–Trinajstić information content (AvgIpc) is 2.55. The quantitative estimate of drug-likeness (QED) is 0.573. The molecule has 0 aliphatic heterocycles. The van der Waals surface area contributed by atoms with Gasteiger partial charge in [-0.2, -0.15) is 5.26 Å². The fraction of sp³-hybridized carbons (Fsp3) is 0.100. The lowest BCUT2D eigenvalue weighted by Crippen LogP contribution is -1.88. The van der Waals surface area contributed by atoms with E-state index < -0.39 is 0 Å². The van der Waals surface area contributed by atoms with Gasteiger partial charge in [-0.25, -0.2) is 0 Å². The second-order valence-corrected chi connectivity index (χ2v) is 4.34. The average molecular weight is 220 g/mol. The second-order valence-electron chi connectivity index (χ2n) is 2.97. The van der Waals surface area contributed by atoms with Gasteiger partial charge in [-0.3, -0.25) is 0 Å². The Morgan fingerprint density at radius 2 is 2.29 bits per heavy atom. The predicted molar refractivity (Wildman–Crippen MR) is 62.8 cm³/mol. The Labute approximate surface area is 91.4 Å². The van der Waals surface area contributed by atoms with Crippen LogP contribution in [0.2, 0.25) is 0 Å². The molecule has 0 atom stereocenters. The van der Waals surface area contributed by atoms with E-state index in [1.807, 2.05) is 17.5 Å². The summed E-state index contributed by atoms with van der Waals surface area (Å²) in [6, 6.07) is 5.88. The highest BCUT2D eigenvalue weighted by Crippen LogP contribution is 2.35. The molecule has 14 heavy (non-hydrogen) atoms. The lowest BCUT2D eigenvalue weighted by atomic mass is 10.1. The Hall–Kier alpha value is -1.18. The Bertz CT molecular complexity index is 523. The third-order valence-electron chi connectivity index (χ3n) is 2.09. The summed E-state index contributed by atoms with van der Waals surface area (Å²) in [5.74, 6) is 0. The van der Waals surface area contributed by atoms with Crippen LogP contribution in [0.5, 0.6) is 0 Å². The summed E-state index contributed by atoms with van der Waals surface area (Å²) in [7, 11) is 0. The summed E-state index contributed by atoms with van der Waals surface area (Å²) >= 11 is 5.93. The van der Waals surface area contributed by atoms with E-state index in [0.717, 1.165) is 26.2 Å². The maximum absolute atomic E-state index is 8.67. The van der Waals surface area contributed by atoms with Gasteiger partial charge in [-0.05, 0) is 11.6 Å². The molecule has 0 unspecified atom stereocenters. The first-order valence-electron chi connectivity index (χ1n) is 4.08. The minimum atomic E-state index is 0.404. The number of nitrogens with zero attached hydrogens (tertiary/aromatic N) is 1. The van der Waals surface area contributed by atoms with Crippen molar-refractivity contribution in [3.8, 4) is 6.07 Å². The summed E-state index contributed by atoms with van der Waals surface area (Å²) in [5.41, 5.74) is 7.59. The molecule has 2 rings (SSSR count). The molecule has 1 aromatic carbocycles. The van der Waals surface area contributed by atoms with E-state index in [4.69, 9.17) is 11.0 Å². The number of benzene rings is 1. The maximum atomic E-state index is 8.67. The molecule has 2 N–H and O–H groups in total. The summed E-state index contributed by atoms with van der Waals surface area (Å²) in [6.07, 6.45) is 0.404. The molecule has 2 nitrogen and oxygen atoms in total. The predicted octanol–water partition coefficient (Wildman–Crippen LogP) is 2.84. The molecule has 1 heterocycles. The minimum absolute atomic E-state index is 0.404. The van der Waals surface area contributed by atoms with E-state index in [0.29, 0.717) is 6.42 Å². The van der Waals surface area contributed by atoms with Gasteiger partial charge in [0.05, 0.1) is 17.2 Å². The summed E-state index contributed by atoms with van der Waals surface area (Å²) in [5, 5.41) is 11.7. The SMILES string of the molecule is N#CCc1ccc(N)c2scc(S)c12. The lowest BCUT2D eigenvalue weighted by Gasteiger charge is -2.01. The molecule has 0 aliphatic carbocycles. The van der Waals surface area contributed by atoms with Crippen LogP contribution in [0.1, 0.15) is 5.56 Å². The van der Waals surface area contributed by atoms with E-state index in [1.54, 1.807) is 11.3 Å². The Morgan fingerprint density at radius 1 is 1.50 bits per heavy atom. The number of fused-ring (bicyclic) bond motifs is 1. The molecule has 0 radical (unpaired) electrons. The lowest BCUT2D eigenvalue weighted by molar-refractivity contribution is 1.28. The van der Waals surface area contributed by atoms with Crippen LogP contribution in [-0.2, 0) is 6.42 Å². The molecule has 0 amide bonds. The molecule has 0 saturated carbocycles. The number of nitriles is 1. The highest BCUT2D eigenvalue weighted by molar-refractivity contribution is 7.80. The number of anilines is 1. The van der Waals surface area contributed by atoms with Gasteiger partial charge >= 0.3 is 0 Å². The van der Waals surface area contributed by atoms with Crippen LogP contribution in [0.4, 0.5) is 5.69 Å². The standard InChI is InChI=1S/C10H8N2S2/c11-4-3-6-1-2-7(12)10-9(6)8(13)5-14-10/h1-2,5,13H,3,12H2. The molecule has 0 saturated heterocycles. The van der Waals surface area contributed by atoms with Crippen LogP contribution < -0.4 is 5.73 Å². The second kappa shape index (κ2) is 3.52. The van der Waals surface area contributed by atoms with Crippen molar-refractivity contribution >= 4 is 39.7 Å². The van der Waals surface area contributed by atoms with Gasteiger partial charge in [0.15, 0.2) is 0 Å². The monoisotopic (exact) mass is 220 g/mol. The molecular weight excluding hydrogens is 212 g/mol. The van der Waals surface area contributed by atoms with E-state index in [2.05, 4.69) is 18.7 Å². The fourth-order valence-corrected chi connectivity index (χ4v) is 2.85. The number of thiol groups is 1. The number of nitrogens with two attached hydrogens (primary N) is 1. The van der Waals surface area contributed by atoms with Crippen molar-refractivity contribution in [2.24, 2.45) is 0 Å². The number of hydrogen-bond donors (Lipinski definition) is 2. The van der Waals surface area contributed by atoms with Gasteiger partial charge in [-0.1, -0.05) is 6.07 Å². The van der Waals surface area contributed by atoms with E-state index in [-0.39, 0.29) is 0 Å². The minimum Gasteiger partial charge on any atom is -0.398 e. The Morgan fingerprint density at radius 3 is 3.00 bits per heavy atom. The third kappa shape index (κ3) is 1.35. The number of rotatable bonds is 1. The molecule has 1 aromatic heterocycles. The smallest absolute Gasteiger partial charge is 0.0669 e. The zero-order chi connectivity index (χ0) is 10.1. The molecule has 2 aromatic rings. The first kappa shape index (κ1) is 9.38. The van der Waals surface area contributed by atoms with Gasteiger partial charge in [0, 0.05) is 21.3 Å². The zero-order valence-corrected chi connectivity index (χ0v) is 9.03. The van der Waals surface area contributed by atoms with E-state index in [9.17, 15) is 0 Å². The fourth-order valence-electron chi connectivity index (χ4n) is 1.45. The molecule has 0 bridgehead atoms. The van der Waals surface area contributed by atoms with Gasteiger partial charge in [0.2, 0.25) is 0 Å². The molecule has 0 spiro atoms. The maximum Gasteiger partial charge on any atom is 0.0669 e. The normalized spacial score (nSPS) is 10.3. The van der Waals surface area contributed by atoms with Crippen LogP contribution in [-0.4, -0.2) is 0 Å². The van der Waals surface area contributed by atoms with Gasteiger partial charge in [-0.15, -0.1) is 24.0 Å². The van der Waals surface area contributed by atoms with Gasteiger partial charge in [0.1, 0.15) is 0 Å². The Balaban J connectivity index is 2.80. The van der Waals surface area contributed by atoms with Crippen molar-refractivity contribution < 1.29 is 0 Å². The van der Waals surface area contributed by atoms with Crippen molar-refractivity contribution in [3.63, 3.8) is 0 Å². The number of hydrogen-bond acceptors (Lipinski definition) is 4. The van der Waals surface area contributed by atoms with Crippen molar-refractivity contribution in [3.05, 3.63) is 23.1 Å². The van der Waals surface area contributed by atoms with Crippen LogP contribution in [0.25, 0.3) is 10.1 Å². The van der Waals surface area contributed by atoms with Crippen LogP contribution in [0.3, 0.4) is 0 Å². The van der Waals surface area contributed by atoms with Crippen molar-refractivity contribution in [2.45, 2.75) is 11.3 Å². The molecule has 0 aliphatic rings. The Kier molecular flexibility index (Phi) is 2.36. The summed E-state index contributed by atoms with van der Waals surface area (Å²) < 4.78 is 1.03. The van der Waals surface area contributed by atoms with Crippen LogP contribution >= 0.6 is 24.0 Å². The van der Waals surface area contributed by atoms with Gasteiger partial charge in [0.25, 0.3) is 0 Å². The topological polar surface area (TPSA) is 49.8 Å². The molecule has 0 fully saturated rings. The first-order chi connectivity index (χ1) is 6.74. The highest BCUT2D eigenvalue weighted by Gasteiger charge is 2.08. The summed E-state index contributed by atoms with van der Waals surface area (Å²) in [4.78, 5) is 0.905. The molecule has 70 valence electrons. The molecule has 4 heteroatoms. The summed E-state index contributed by atoms with van der Waals surface area (Å²) in [6.45, 7) is 0. The number of nitrogen functional groups attached to an aromatic ring is 1. The molecular formula is C10H8N2S2. The number of thiophene rings is 1. The van der Waals surface area contributed by atoms with Gasteiger partial charge < -0.3 is 5.73 Å². The highest BCUT2D eigenvalue weighted by atomic mass is 32.1. The van der Waals surface area contributed by atoms with E-state index >= 15 is 0 Å². The zero-order valence-electron chi connectivity index (χ0n) is 7.32. The first-order valence-corrected chi connectivity index (χ1v) is 5.41. The van der Waals surface area contributed by atoms with Crippen molar-refractivity contribution in [2.75, 3.05) is 5.73 Å². The van der Waals surface area contributed by atoms with Crippen molar-refractivity contribution in [1.29, 1.82) is 5.26 Å². The third-order valence-corrected chi connectivity index (χ3v) is 3.64. The van der Waals surface area contributed by atoms with Crippen LogP contribution in [0.15, 0.2) is 22.4 Å². The van der Waals surface area contributed by atoms with E-state index in [1.165, 1.54) is 0 Å². The van der Waals surface area contributed by atoms with Crippen molar-refractivity contribution in [1.82, 2.24) is 0 Å².